The second-order valence-corrected chi connectivity index (χ2v) is 4.28. The Balaban J connectivity index is 1.73. The molecular weight excluding hydrogens is 200 g/mol. The Kier molecular flexibility index (Phi) is 4.34. The molecule has 1 aromatic carbocycles. The molecule has 88 valence electrons. The van der Waals surface area contributed by atoms with Crippen LogP contribution in [0.3, 0.4) is 0 Å². The predicted octanol–water partition coefficient (Wildman–Crippen LogP) is 1.07. The summed E-state index contributed by atoms with van der Waals surface area (Å²) in [6.45, 7) is 6.68. The molecule has 1 fully saturated rings. The van der Waals surface area contributed by atoms with Crippen LogP contribution in [0, 0.1) is 6.92 Å². The number of benzene rings is 1. The number of nitrogens with one attached hydrogen (secondary N) is 2. The minimum Gasteiger partial charge on any atom is -0.378 e. The smallest absolute Gasteiger partial charge is 0.0632 e. The van der Waals surface area contributed by atoms with Crippen molar-refractivity contribution >= 4 is 0 Å². The number of hydrogen-bond acceptors (Lipinski definition) is 3. The van der Waals surface area contributed by atoms with Crippen molar-refractivity contribution in [3.05, 3.63) is 35.4 Å². The Morgan fingerprint density at radius 3 is 3.06 bits per heavy atom. The van der Waals surface area contributed by atoms with Crippen LogP contribution in [0.15, 0.2) is 24.3 Å². The Labute approximate surface area is 97.2 Å². The highest BCUT2D eigenvalue weighted by Gasteiger charge is 2.11. The maximum Gasteiger partial charge on any atom is 0.0632 e. The van der Waals surface area contributed by atoms with E-state index in [-0.39, 0.29) is 0 Å². The van der Waals surface area contributed by atoms with E-state index < -0.39 is 0 Å². The summed E-state index contributed by atoms with van der Waals surface area (Å²) < 4.78 is 5.41. The van der Waals surface area contributed by atoms with Gasteiger partial charge in [-0.1, -0.05) is 24.3 Å². The zero-order chi connectivity index (χ0) is 11.2. The first-order valence-electron chi connectivity index (χ1n) is 5.92. The van der Waals surface area contributed by atoms with Gasteiger partial charge in [0.1, 0.15) is 0 Å². The third-order valence-electron chi connectivity index (χ3n) is 2.97. The second-order valence-electron chi connectivity index (χ2n) is 4.28. The standard InChI is InChI=1S/C13H20N2O/c1-11-4-2-3-5-12(11)8-14-9-13-10-16-7-6-15-13/h2-5,13-15H,6-10H2,1H3. The van der Waals surface area contributed by atoms with E-state index in [0.29, 0.717) is 6.04 Å². The topological polar surface area (TPSA) is 33.3 Å². The van der Waals surface area contributed by atoms with Crippen molar-refractivity contribution in [3.8, 4) is 0 Å². The summed E-state index contributed by atoms with van der Waals surface area (Å²) in [5, 5.41) is 6.90. The van der Waals surface area contributed by atoms with Gasteiger partial charge < -0.3 is 15.4 Å². The van der Waals surface area contributed by atoms with Crippen LogP contribution in [-0.4, -0.2) is 32.3 Å². The SMILES string of the molecule is Cc1ccccc1CNCC1COCCN1. The lowest BCUT2D eigenvalue weighted by atomic mass is 10.1. The molecular formula is C13H20N2O. The van der Waals surface area contributed by atoms with Crippen molar-refractivity contribution in [1.29, 1.82) is 0 Å². The van der Waals surface area contributed by atoms with Crippen LogP contribution in [-0.2, 0) is 11.3 Å². The lowest BCUT2D eigenvalue weighted by Crippen LogP contribution is -2.47. The van der Waals surface area contributed by atoms with Crippen LogP contribution in [0.5, 0.6) is 0 Å². The molecule has 1 unspecified atom stereocenters. The van der Waals surface area contributed by atoms with Gasteiger partial charge in [-0.3, -0.25) is 0 Å². The second kappa shape index (κ2) is 5.99. The first-order chi connectivity index (χ1) is 7.86. The fraction of sp³-hybridized carbons (Fsp3) is 0.538. The van der Waals surface area contributed by atoms with Crippen LogP contribution in [0.25, 0.3) is 0 Å². The van der Waals surface area contributed by atoms with E-state index in [1.54, 1.807) is 0 Å². The molecule has 1 aliphatic heterocycles. The summed E-state index contributed by atoms with van der Waals surface area (Å²) in [6.07, 6.45) is 0. The fourth-order valence-corrected chi connectivity index (χ4v) is 1.94. The zero-order valence-corrected chi connectivity index (χ0v) is 9.83. The molecule has 1 atom stereocenters. The minimum atomic E-state index is 0.456. The molecule has 0 spiro atoms. The number of hydrogen-bond donors (Lipinski definition) is 2. The Hall–Kier alpha value is -0.900. The Morgan fingerprint density at radius 1 is 1.44 bits per heavy atom. The zero-order valence-electron chi connectivity index (χ0n) is 9.83. The van der Waals surface area contributed by atoms with Crippen molar-refractivity contribution < 1.29 is 4.74 Å². The van der Waals surface area contributed by atoms with E-state index >= 15 is 0 Å². The Morgan fingerprint density at radius 2 is 2.31 bits per heavy atom. The summed E-state index contributed by atoms with van der Waals surface area (Å²) in [4.78, 5) is 0. The third-order valence-corrected chi connectivity index (χ3v) is 2.97. The van der Waals surface area contributed by atoms with Crippen LogP contribution in [0.1, 0.15) is 11.1 Å². The molecule has 2 N–H and O–H groups in total. The first kappa shape index (κ1) is 11.6. The average molecular weight is 220 g/mol. The molecule has 2 rings (SSSR count). The molecule has 3 nitrogen and oxygen atoms in total. The third kappa shape index (κ3) is 3.30. The molecule has 0 aromatic heterocycles. The lowest BCUT2D eigenvalue weighted by Gasteiger charge is -2.24. The largest absolute Gasteiger partial charge is 0.378 e. The number of ether oxygens (including phenoxy) is 1. The number of morpholine rings is 1. The summed E-state index contributed by atoms with van der Waals surface area (Å²) in [5.74, 6) is 0. The molecule has 0 radical (unpaired) electrons. The van der Waals surface area contributed by atoms with E-state index in [9.17, 15) is 0 Å². The highest BCUT2D eigenvalue weighted by molar-refractivity contribution is 5.25. The van der Waals surface area contributed by atoms with Crippen molar-refractivity contribution in [2.75, 3.05) is 26.3 Å². The molecule has 1 heterocycles. The average Bonchev–Trinajstić information content (AvgIpc) is 2.33. The van der Waals surface area contributed by atoms with Gasteiger partial charge in [-0.05, 0) is 18.1 Å². The monoisotopic (exact) mass is 220 g/mol. The minimum absolute atomic E-state index is 0.456. The Bertz CT molecular complexity index is 321. The summed E-state index contributed by atoms with van der Waals surface area (Å²) >= 11 is 0. The van der Waals surface area contributed by atoms with Gasteiger partial charge in [-0.15, -0.1) is 0 Å². The van der Waals surface area contributed by atoms with Gasteiger partial charge in [0.05, 0.1) is 13.2 Å². The highest BCUT2D eigenvalue weighted by atomic mass is 16.5. The van der Waals surface area contributed by atoms with Crippen molar-refractivity contribution in [2.45, 2.75) is 19.5 Å². The molecule has 3 heteroatoms. The van der Waals surface area contributed by atoms with E-state index in [0.717, 1.165) is 32.8 Å². The van der Waals surface area contributed by atoms with E-state index in [2.05, 4.69) is 41.8 Å². The van der Waals surface area contributed by atoms with Crippen LogP contribution in [0.4, 0.5) is 0 Å². The molecule has 0 bridgehead atoms. The maximum absolute atomic E-state index is 5.41. The normalized spacial score (nSPS) is 20.9. The highest BCUT2D eigenvalue weighted by Crippen LogP contribution is 2.06. The van der Waals surface area contributed by atoms with E-state index in [1.165, 1.54) is 11.1 Å². The van der Waals surface area contributed by atoms with Crippen LogP contribution in [0.2, 0.25) is 0 Å². The van der Waals surface area contributed by atoms with Crippen molar-refractivity contribution in [2.24, 2.45) is 0 Å². The maximum atomic E-state index is 5.41. The molecule has 16 heavy (non-hydrogen) atoms. The fourth-order valence-electron chi connectivity index (χ4n) is 1.94. The quantitative estimate of drug-likeness (QED) is 0.796. The van der Waals surface area contributed by atoms with Crippen molar-refractivity contribution in [3.63, 3.8) is 0 Å². The van der Waals surface area contributed by atoms with Crippen LogP contribution < -0.4 is 10.6 Å². The molecule has 0 amide bonds. The first-order valence-corrected chi connectivity index (χ1v) is 5.92. The van der Waals surface area contributed by atoms with E-state index in [4.69, 9.17) is 4.74 Å². The van der Waals surface area contributed by atoms with E-state index in [1.807, 2.05) is 0 Å². The summed E-state index contributed by atoms with van der Waals surface area (Å²) in [6, 6.07) is 8.95. The lowest BCUT2D eigenvalue weighted by molar-refractivity contribution is 0.0766. The number of rotatable bonds is 4. The van der Waals surface area contributed by atoms with Crippen LogP contribution >= 0.6 is 0 Å². The van der Waals surface area contributed by atoms with Gasteiger partial charge in [0.2, 0.25) is 0 Å². The summed E-state index contributed by atoms with van der Waals surface area (Å²) in [5.41, 5.74) is 2.72. The van der Waals surface area contributed by atoms with Gasteiger partial charge in [0, 0.05) is 25.7 Å². The molecule has 0 aliphatic carbocycles. The molecule has 0 saturated carbocycles. The van der Waals surface area contributed by atoms with Gasteiger partial charge in [-0.2, -0.15) is 0 Å². The molecule has 1 aromatic rings. The molecule has 1 saturated heterocycles. The van der Waals surface area contributed by atoms with Gasteiger partial charge in [0.25, 0.3) is 0 Å². The van der Waals surface area contributed by atoms with Gasteiger partial charge >= 0.3 is 0 Å². The van der Waals surface area contributed by atoms with Gasteiger partial charge in [0.15, 0.2) is 0 Å². The van der Waals surface area contributed by atoms with Crippen molar-refractivity contribution in [1.82, 2.24) is 10.6 Å². The number of aryl methyl sites for hydroxylation is 1. The predicted molar refractivity (Wildman–Crippen MR) is 65.5 cm³/mol. The van der Waals surface area contributed by atoms with Gasteiger partial charge in [-0.25, -0.2) is 0 Å². The molecule has 1 aliphatic rings. The summed E-state index contributed by atoms with van der Waals surface area (Å²) in [7, 11) is 0.